The van der Waals surface area contributed by atoms with Crippen LogP contribution in [0.1, 0.15) is 26.2 Å². The highest BCUT2D eigenvalue weighted by atomic mass is 32.2. The maximum Gasteiger partial charge on any atom is 0.279 e. The highest BCUT2D eigenvalue weighted by molar-refractivity contribution is 7.98. The number of rotatable bonds is 9. The van der Waals surface area contributed by atoms with Crippen molar-refractivity contribution >= 4 is 22.0 Å². The molecule has 0 aromatic carbocycles. The van der Waals surface area contributed by atoms with Crippen LogP contribution in [0.15, 0.2) is 0 Å². The molecule has 1 rings (SSSR count). The van der Waals surface area contributed by atoms with Gasteiger partial charge in [0.1, 0.15) is 0 Å². The van der Waals surface area contributed by atoms with E-state index >= 15 is 0 Å². The molecule has 1 fully saturated rings. The van der Waals surface area contributed by atoms with Gasteiger partial charge in [0.05, 0.1) is 0 Å². The second-order valence-corrected chi connectivity index (χ2v) is 7.64. The molecule has 2 N–H and O–H groups in total. The van der Waals surface area contributed by atoms with Crippen LogP contribution in [0.2, 0.25) is 0 Å². The molecule has 0 aromatic rings. The highest BCUT2D eigenvalue weighted by Crippen LogP contribution is 2.18. The van der Waals surface area contributed by atoms with Crippen molar-refractivity contribution in [1.29, 1.82) is 0 Å². The van der Waals surface area contributed by atoms with E-state index in [9.17, 15) is 8.42 Å². The predicted octanol–water partition coefficient (Wildman–Crippen LogP) is 0.895. The Labute approximate surface area is 122 Å². The number of hydrogen-bond donors (Lipinski definition) is 2. The third-order valence-corrected chi connectivity index (χ3v) is 5.72. The van der Waals surface area contributed by atoms with Gasteiger partial charge >= 0.3 is 0 Å². The van der Waals surface area contributed by atoms with E-state index < -0.39 is 10.2 Å². The summed E-state index contributed by atoms with van der Waals surface area (Å²) in [5.41, 5.74) is 0. The maximum atomic E-state index is 12.1. The van der Waals surface area contributed by atoms with Crippen molar-refractivity contribution in [3.63, 3.8) is 0 Å². The zero-order chi connectivity index (χ0) is 14.1. The molecule has 1 aliphatic heterocycles. The van der Waals surface area contributed by atoms with Crippen molar-refractivity contribution in [3.05, 3.63) is 0 Å². The van der Waals surface area contributed by atoms with Gasteiger partial charge in [0.25, 0.3) is 10.2 Å². The molecule has 114 valence electrons. The first-order valence-corrected chi connectivity index (χ1v) is 9.88. The average molecular weight is 310 g/mol. The first-order chi connectivity index (χ1) is 9.10. The van der Waals surface area contributed by atoms with Crippen molar-refractivity contribution in [2.75, 3.05) is 44.7 Å². The summed E-state index contributed by atoms with van der Waals surface area (Å²) in [6.45, 7) is 5.92. The quantitative estimate of drug-likeness (QED) is 0.621. The topological polar surface area (TPSA) is 61.4 Å². The monoisotopic (exact) mass is 309 g/mol. The Kier molecular flexibility index (Phi) is 8.32. The zero-order valence-electron chi connectivity index (χ0n) is 12.0. The standard InChI is InChI=1S/C12H27N3O2S2/c1-3-13-11-12-5-8-15(9-6-12)19(16,17)14-7-4-10-18-2/h12-14H,3-11H2,1-2H3. The van der Waals surface area contributed by atoms with Crippen molar-refractivity contribution in [3.8, 4) is 0 Å². The number of nitrogens with one attached hydrogen (secondary N) is 2. The lowest BCUT2D eigenvalue weighted by Gasteiger charge is -2.31. The minimum Gasteiger partial charge on any atom is -0.317 e. The van der Waals surface area contributed by atoms with Gasteiger partial charge in [0.2, 0.25) is 0 Å². The number of thioether (sulfide) groups is 1. The third-order valence-electron chi connectivity index (χ3n) is 3.41. The van der Waals surface area contributed by atoms with Crippen LogP contribution < -0.4 is 10.0 Å². The molecule has 0 spiro atoms. The van der Waals surface area contributed by atoms with Crippen molar-refractivity contribution in [1.82, 2.24) is 14.3 Å². The lowest BCUT2D eigenvalue weighted by molar-refractivity contribution is 0.266. The van der Waals surface area contributed by atoms with Gasteiger partial charge in [-0.3, -0.25) is 0 Å². The first kappa shape index (κ1) is 17.2. The normalized spacial score (nSPS) is 18.8. The predicted molar refractivity (Wildman–Crippen MR) is 82.8 cm³/mol. The van der Waals surface area contributed by atoms with Crippen molar-refractivity contribution < 1.29 is 8.42 Å². The lowest BCUT2D eigenvalue weighted by atomic mass is 9.98. The summed E-state index contributed by atoms with van der Waals surface area (Å²) >= 11 is 1.74. The Balaban J connectivity index is 2.28. The Bertz CT molecular complexity index is 328. The Morgan fingerprint density at radius 1 is 1.32 bits per heavy atom. The zero-order valence-corrected chi connectivity index (χ0v) is 13.7. The molecule has 0 radical (unpaired) electrons. The van der Waals surface area contributed by atoms with Crippen LogP contribution in [0.4, 0.5) is 0 Å². The molecule has 19 heavy (non-hydrogen) atoms. The highest BCUT2D eigenvalue weighted by Gasteiger charge is 2.27. The van der Waals surface area contributed by atoms with Crippen LogP contribution >= 0.6 is 11.8 Å². The van der Waals surface area contributed by atoms with Crippen molar-refractivity contribution in [2.24, 2.45) is 5.92 Å². The van der Waals surface area contributed by atoms with Gasteiger partial charge in [0, 0.05) is 19.6 Å². The summed E-state index contributed by atoms with van der Waals surface area (Å²) in [7, 11) is -3.25. The molecular weight excluding hydrogens is 282 g/mol. The number of nitrogens with zero attached hydrogens (tertiary/aromatic N) is 1. The fourth-order valence-corrected chi connectivity index (χ4v) is 3.92. The van der Waals surface area contributed by atoms with Crippen molar-refractivity contribution in [2.45, 2.75) is 26.2 Å². The van der Waals surface area contributed by atoms with E-state index in [0.717, 1.165) is 38.1 Å². The number of piperidine rings is 1. The minimum atomic E-state index is -3.25. The van der Waals surface area contributed by atoms with Gasteiger partial charge in [-0.1, -0.05) is 6.92 Å². The molecule has 0 unspecified atom stereocenters. The van der Waals surface area contributed by atoms with Crippen LogP contribution in [0, 0.1) is 5.92 Å². The Morgan fingerprint density at radius 3 is 2.58 bits per heavy atom. The van der Waals surface area contributed by atoms with Gasteiger partial charge in [0.15, 0.2) is 0 Å². The number of hydrogen-bond acceptors (Lipinski definition) is 4. The summed E-state index contributed by atoms with van der Waals surface area (Å²) in [5, 5.41) is 3.33. The molecule has 0 amide bonds. The van der Waals surface area contributed by atoms with Gasteiger partial charge in [-0.05, 0) is 50.3 Å². The summed E-state index contributed by atoms with van der Waals surface area (Å²) in [6.07, 6.45) is 4.83. The third kappa shape index (κ3) is 6.44. The van der Waals surface area contributed by atoms with Crippen LogP contribution in [0.3, 0.4) is 0 Å². The molecule has 1 aliphatic rings. The Morgan fingerprint density at radius 2 is 2.00 bits per heavy atom. The average Bonchev–Trinajstić information content (AvgIpc) is 2.42. The largest absolute Gasteiger partial charge is 0.317 e. The molecular formula is C12H27N3O2S2. The van der Waals surface area contributed by atoms with E-state index in [1.807, 2.05) is 6.26 Å². The lowest BCUT2D eigenvalue weighted by Crippen LogP contribution is -2.46. The smallest absolute Gasteiger partial charge is 0.279 e. The van der Waals surface area contributed by atoms with Gasteiger partial charge in [-0.2, -0.15) is 24.5 Å². The summed E-state index contributed by atoms with van der Waals surface area (Å²) in [4.78, 5) is 0. The molecule has 0 aromatic heterocycles. The van der Waals surface area contributed by atoms with Crippen LogP contribution in [-0.4, -0.2) is 57.5 Å². The maximum absolute atomic E-state index is 12.1. The molecule has 5 nitrogen and oxygen atoms in total. The van der Waals surface area contributed by atoms with Crippen LogP contribution in [0.25, 0.3) is 0 Å². The SMILES string of the molecule is CCNCC1CCN(S(=O)(=O)NCCCSC)CC1. The summed E-state index contributed by atoms with van der Waals surface area (Å²) < 4.78 is 28.4. The summed E-state index contributed by atoms with van der Waals surface area (Å²) in [6, 6.07) is 0. The van der Waals surface area contributed by atoms with E-state index in [1.165, 1.54) is 0 Å². The second kappa shape index (κ2) is 9.18. The summed E-state index contributed by atoms with van der Waals surface area (Å²) in [5.74, 6) is 1.61. The first-order valence-electron chi connectivity index (χ1n) is 7.04. The van der Waals surface area contributed by atoms with Crippen LogP contribution in [-0.2, 0) is 10.2 Å². The van der Waals surface area contributed by atoms with E-state index in [0.29, 0.717) is 25.6 Å². The molecule has 0 bridgehead atoms. The van der Waals surface area contributed by atoms with E-state index in [1.54, 1.807) is 16.1 Å². The van der Waals surface area contributed by atoms with Gasteiger partial charge < -0.3 is 5.32 Å². The fraction of sp³-hybridized carbons (Fsp3) is 1.00. The molecule has 0 saturated carbocycles. The Hall–Kier alpha value is 0.180. The second-order valence-electron chi connectivity index (χ2n) is 4.90. The van der Waals surface area contributed by atoms with E-state index in [2.05, 4.69) is 17.0 Å². The van der Waals surface area contributed by atoms with E-state index in [-0.39, 0.29) is 0 Å². The fourth-order valence-electron chi connectivity index (χ4n) is 2.21. The van der Waals surface area contributed by atoms with Crippen LogP contribution in [0.5, 0.6) is 0 Å². The van der Waals surface area contributed by atoms with Gasteiger partial charge in [-0.15, -0.1) is 0 Å². The molecule has 0 aliphatic carbocycles. The molecule has 7 heteroatoms. The molecule has 0 atom stereocenters. The molecule has 1 heterocycles. The van der Waals surface area contributed by atoms with E-state index in [4.69, 9.17) is 0 Å². The van der Waals surface area contributed by atoms with Gasteiger partial charge in [-0.25, -0.2) is 4.72 Å². The molecule has 1 saturated heterocycles. The minimum absolute atomic E-state index is 0.542.